The summed E-state index contributed by atoms with van der Waals surface area (Å²) in [7, 11) is 1.88. The second-order valence-corrected chi connectivity index (χ2v) is 8.42. The van der Waals surface area contributed by atoms with Crippen molar-refractivity contribution >= 4 is 33.3 Å². The fraction of sp³-hybridized carbons (Fsp3) is 0.611. The van der Waals surface area contributed by atoms with Gasteiger partial charge in [0.05, 0.1) is 5.39 Å². The Morgan fingerprint density at radius 3 is 2.75 bits per heavy atom. The molecule has 1 saturated carbocycles. The molecule has 126 valence electrons. The Balaban J connectivity index is 1.61. The third kappa shape index (κ3) is 2.31. The molecule has 2 fully saturated rings. The summed E-state index contributed by atoms with van der Waals surface area (Å²) in [5, 5.41) is 4.68. The number of hydrogen-bond donors (Lipinski definition) is 1. The minimum Gasteiger partial charge on any atom is -0.358 e. The minimum atomic E-state index is -0.140. The van der Waals surface area contributed by atoms with Gasteiger partial charge in [0, 0.05) is 24.4 Å². The van der Waals surface area contributed by atoms with Crippen molar-refractivity contribution in [3.63, 3.8) is 0 Å². The van der Waals surface area contributed by atoms with Gasteiger partial charge in [-0.3, -0.25) is 4.79 Å². The second kappa shape index (κ2) is 5.41. The zero-order valence-electron chi connectivity index (χ0n) is 14.0. The van der Waals surface area contributed by atoms with Gasteiger partial charge in [-0.05, 0) is 50.5 Å². The Bertz CT molecular complexity index is 826. The van der Waals surface area contributed by atoms with E-state index in [-0.39, 0.29) is 11.9 Å². The summed E-state index contributed by atoms with van der Waals surface area (Å²) in [6.45, 7) is 0.821. The van der Waals surface area contributed by atoms with E-state index in [4.69, 9.17) is 9.97 Å². The Morgan fingerprint density at radius 2 is 2.00 bits per heavy atom. The van der Waals surface area contributed by atoms with Crippen LogP contribution in [0.3, 0.4) is 0 Å². The Labute approximate surface area is 145 Å². The molecular formula is C18H22N4OS. The molecule has 1 atom stereocenters. The third-order valence-electron chi connectivity index (χ3n) is 5.51. The molecule has 6 heteroatoms. The molecule has 1 unspecified atom stereocenters. The number of carbonyl (C=O) groups excluding carboxylic acids is 1. The summed E-state index contributed by atoms with van der Waals surface area (Å²) in [6, 6.07) is -0.140. The summed E-state index contributed by atoms with van der Waals surface area (Å²) < 4.78 is 0. The number of nitrogens with one attached hydrogen (secondary N) is 1. The van der Waals surface area contributed by atoms with E-state index in [1.165, 1.54) is 47.9 Å². The molecule has 0 spiro atoms. The number of aryl methyl sites for hydroxylation is 2. The Kier molecular flexibility index (Phi) is 3.30. The van der Waals surface area contributed by atoms with Crippen molar-refractivity contribution in [2.45, 2.75) is 56.9 Å². The molecule has 1 saturated heterocycles. The van der Waals surface area contributed by atoms with Crippen molar-refractivity contribution in [3.05, 3.63) is 16.3 Å². The number of thiophene rings is 1. The van der Waals surface area contributed by atoms with Gasteiger partial charge in [0.25, 0.3) is 0 Å². The standard InChI is InChI=1S/C18H22N4OS/c1-22-9-8-12(18(22)23)19-16-14-11-4-2-3-5-13(11)24-17(14)21-15(20-16)10-6-7-10/h10,12H,2-9H2,1H3,(H,19,20,21). The lowest BCUT2D eigenvalue weighted by atomic mass is 9.97. The second-order valence-electron chi connectivity index (χ2n) is 7.34. The zero-order chi connectivity index (χ0) is 16.3. The number of nitrogens with zero attached hydrogens (tertiary/aromatic N) is 3. The highest BCUT2D eigenvalue weighted by Gasteiger charge is 2.33. The van der Waals surface area contributed by atoms with Crippen LogP contribution >= 0.6 is 11.3 Å². The fourth-order valence-electron chi connectivity index (χ4n) is 3.92. The van der Waals surface area contributed by atoms with Gasteiger partial charge >= 0.3 is 0 Å². The molecule has 24 heavy (non-hydrogen) atoms. The van der Waals surface area contributed by atoms with E-state index in [1.54, 1.807) is 4.90 Å². The van der Waals surface area contributed by atoms with Crippen LogP contribution in [0.4, 0.5) is 5.82 Å². The molecule has 0 bridgehead atoms. The van der Waals surface area contributed by atoms with Crippen LogP contribution in [0.5, 0.6) is 0 Å². The zero-order valence-corrected chi connectivity index (χ0v) is 14.8. The smallest absolute Gasteiger partial charge is 0.244 e. The summed E-state index contributed by atoms with van der Waals surface area (Å²) in [5.41, 5.74) is 1.44. The molecule has 0 radical (unpaired) electrons. The predicted molar refractivity (Wildman–Crippen MR) is 95.7 cm³/mol. The lowest BCUT2D eigenvalue weighted by Gasteiger charge is -2.16. The van der Waals surface area contributed by atoms with Gasteiger partial charge in [0.15, 0.2) is 0 Å². The van der Waals surface area contributed by atoms with Gasteiger partial charge in [-0.1, -0.05) is 0 Å². The first kappa shape index (κ1) is 14.6. The maximum absolute atomic E-state index is 12.3. The quantitative estimate of drug-likeness (QED) is 0.931. The number of likely N-dealkylation sites (N-methyl/N-ethyl adjacent to an activating group) is 1. The number of carbonyl (C=O) groups is 1. The van der Waals surface area contributed by atoms with E-state index in [0.29, 0.717) is 5.92 Å². The van der Waals surface area contributed by atoms with Gasteiger partial charge < -0.3 is 10.2 Å². The van der Waals surface area contributed by atoms with E-state index in [2.05, 4.69) is 5.32 Å². The number of aromatic nitrogens is 2. The van der Waals surface area contributed by atoms with Gasteiger partial charge in [-0.2, -0.15) is 0 Å². The first-order valence-electron chi connectivity index (χ1n) is 9.04. The molecule has 3 aliphatic rings. The molecule has 5 rings (SSSR count). The number of hydrogen-bond acceptors (Lipinski definition) is 5. The van der Waals surface area contributed by atoms with Gasteiger partial charge in [0.2, 0.25) is 5.91 Å². The van der Waals surface area contributed by atoms with Gasteiger partial charge in [-0.25, -0.2) is 9.97 Å². The van der Waals surface area contributed by atoms with E-state index < -0.39 is 0 Å². The monoisotopic (exact) mass is 342 g/mol. The van der Waals surface area contributed by atoms with Crippen LogP contribution in [0.2, 0.25) is 0 Å². The molecule has 1 amide bonds. The van der Waals surface area contributed by atoms with Crippen molar-refractivity contribution in [3.8, 4) is 0 Å². The molecule has 2 aromatic rings. The predicted octanol–water partition coefficient (Wildman–Crippen LogP) is 3.09. The van der Waals surface area contributed by atoms with E-state index in [9.17, 15) is 4.79 Å². The van der Waals surface area contributed by atoms with Crippen LogP contribution in [0.15, 0.2) is 0 Å². The molecule has 2 aromatic heterocycles. The first-order chi connectivity index (χ1) is 11.7. The molecule has 5 nitrogen and oxygen atoms in total. The fourth-order valence-corrected chi connectivity index (χ4v) is 5.19. The van der Waals surface area contributed by atoms with Crippen molar-refractivity contribution in [1.82, 2.24) is 14.9 Å². The summed E-state index contributed by atoms with van der Waals surface area (Å²) in [5.74, 6) is 2.59. The van der Waals surface area contributed by atoms with E-state index in [1.807, 2.05) is 18.4 Å². The maximum atomic E-state index is 12.3. The number of rotatable bonds is 3. The third-order valence-corrected chi connectivity index (χ3v) is 6.70. The van der Waals surface area contributed by atoms with Crippen LogP contribution in [0.1, 0.15) is 54.3 Å². The van der Waals surface area contributed by atoms with Crippen LogP contribution in [0.25, 0.3) is 10.2 Å². The molecular weight excluding hydrogens is 320 g/mol. The van der Waals surface area contributed by atoms with Crippen LogP contribution < -0.4 is 5.32 Å². The average molecular weight is 342 g/mol. The number of amides is 1. The topological polar surface area (TPSA) is 58.1 Å². The van der Waals surface area contributed by atoms with Crippen LogP contribution in [0, 0.1) is 0 Å². The lowest BCUT2D eigenvalue weighted by molar-refractivity contribution is -0.127. The molecule has 0 aromatic carbocycles. The highest BCUT2D eigenvalue weighted by atomic mass is 32.1. The van der Waals surface area contributed by atoms with Crippen LogP contribution in [-0.2, 0) is 17.6 Å². The van der Waals surface area contributed by atoms with Crippen molar-refractivity contribution in [2.24, 2.45) is 0 Å². The van der Waals surface area contributed by atoms with Crippen LogP contribution in [-0.4, -0.2) is 40.4 Å². The summed E-state index contributed by atoms with van der Waals surface area (Å²) in [4.78, 5) is 26.5. The highest BCUT2D eigenvalue weighted by molar-refractivity contribution is 7.19. The van der Waals surface area contributed by atoms with Crippen molar-refractivity contribution < 1.29 is 4.79 Å². The highest BCUT2D eigenvalue weighted by Crippen LogP contribution is 2.43. The van der Waals surface area contributed by atoms with E-state index >= 15 is 0 Å². The largest absolute Gasteiger partial charge is 0.358 e. The lowest BCUT2D eigenvalue weighted by Crippen LogP contribution is -2.31. The number of anilines is 1. The van der Waals surface area contributed by atoms with Crippen molar-refractivity contribution in [1.29, 1.82) is 0 Å². The normalized spacial score (nSPS) is 23.8. The van der Waals surface area contributed by atoms with Gasteiger partial charge in [0.1, 0.15) is 22.5 Å². The molecule has 1 N–H and O–H groups in total. The molecule has 2 aliphatic carbocycles. The summed E-state index contributed by atoms with van der Waals surface area (Å²) in [6.07, 6.45) is 8.05. The summed E-state index contributed by atoms with van der Waals surface area (Å²) >= 11 is 1.85. The Morgan fingerprint density at radius 1 is 1.17 bits per heavy atom. The molecule has 1 aliphatic heterocycles. The minimum absolute atomic E-state index is 0.140. The number of fused-ring (bicyclic) bond motifs is 3. The van der Waals surface area contributed by atoms with Crippen molar-refractivity contribution in [2.75, 3.05) is 18.9 Å². The average Bonchev–Trinajstić information content (AvgIpc) is 3.31. The SMILES string of the molecule is CN1CCC(Nc2nc(C3CC3)nc3sc4c(c23)CCCC4)C1=O. The Hall–Kier alpha value is -1.69. The van der Waals surface area contributed by atoms with Gasteiger partial charge in [-0.15, -0.1) is 11.3 Å². The molecule has 3 heterocycles. The van der Waals surface area contributed by atoms with E-state index in [0.717, 1.165) is 35.9 Å². The number of likely N-dealkylation sites (tertiary alicyclic amines) is 1. The maximum Gasteiger partial charge on any atom is 0.244 e. The first-order valence-corrected chi connectivity index (χ1v) is 9.86.